The quantitative estimate of drug-likeness (QED) is 0.451. The topological polar surface area (TPSA) is 115 Å². The number of ether oxygens (including phenoxy) is 1. The van der Waals surface area contributed by atoms with Gasteiger partial charge in [0.2, 0.25) is 0 Å². The van der Waals surface area contributed by atoms with Crippen molar-refractivity contribution >= 4 is 22.7 Å². The first-order valence-corrected chi connectivity index (χ1v) is 9.24. The zero-order valence-corrected chi connectivity index (χ0v) is 15.0. The van der Waals surface area contributed by atoms with E-state index in [9.17, 15) is 23.4 Å². The fourth-order valence-electron chi connectivity index (χ4n) is 3.11. The van der Waals surface area contributed by atoms with Crippen molar-refractivity contribution in [3.63, 3.8) is 0 Å². The molecule has 6 nitrogen and oxygen atoms in total. The van der Waals surface area contributed by atoms with E-state index in [2.05, 4.69) is 4.98 Å². The Hall–Kier alpha value is -1.43. The summed E-state index contributed by atoms with van der Waals surface area (Å²) in [4.78, 5) is 4.68. The Labute approximate surface area is 157 Å². The normalized spacial score (nSPS) is 29.2. The average molecular weight is 403 g/mol. The number of nitrogens with two attached hydrogens (primary N) is 2. The van der Waals surface area contributed by atoms with E-state index < -0.39 is 42.1 Å². The van der Waals surface area contributed by atoms with Gasteiger partial charge in [-0.2, -0.15) is 13.2 Å². The van der Waals surface area contributed by atoms with Crippen molar-refractivity contribution in [1.29, 1.82) is 0 Å². The fourth-order valence-corrected chi connectivity index (χ4v) is 3.95. The summed E-state index contributed by atoms with van der Waals surface area (Å²) in [6.45, 7) is 0. The maximum Gasteiger partial charge on any atom is 0.416 e. The van der Waals surface area contributed by atoms with Crippen molar-refractivity contribution < 1.29 is 28.1 Å². The van der Waals surface area contributed by atoms with Gasteiger partial charge in [-0.1, -0.05) is 17.8 Å². The van der Waals surface area contributed by atoms with E-state index in [1.165, 1.54) is 24.0 Å². The van der Waals surface area contributed by atoms with Crippen LogP contribution in [-0.2, 0) is 10.9 Å². The number of pyridine rings is 1. The van der Waals surface area contributed by atoms with E-state index in [1.54, 1.807) is 6.07 Å². The Kier molecular flexibility index (Phi) is 5.94. The first-order valence-electron chi connectivity index (χ1n) is 8.26. The summed E-state index contributed by atoms with van der Waals surface area (Å²) in [6.07, 6.45) is -5.80. The number of aliphatic hydroxyl groups excluding tert-OH is 2. The third-order valence-electron chi connectivity index (χ3n) is 4.60. The molecule has 1 aromatic heterocycles. The van der Waals surface area contributed by atoms with Crippen LogP contribution in [0.25, 0.3) is 10.9 Å². The summed E-state index contributed by atoms with van der Waals surface area (Å²) in [5.41, 5.74) is 11.1. The Morgan fingerprint density at radius 3 is 2.59 bits per heavy atom. The van der Waals surface area contributed by atoms with E-state index >= 15 is 0 Å². The second kappa shape index (κ2) is 7.90. The Balaban J connectivity index is 1.70. The van der Waals surface area contributed by atoms with Crippen molar-refractivity contribution in [2.75, 3.05) is 5.94 Å². The predicted molar refractivity (Wildman–Crippen MR) is 94.9 cm³/mol. The number of aromatic nitrogens is 1. The molecular formula is C17H20F3N3O3S. The lowest BCUT2D eigenvalue weighted by molar-refractivity contribution is -0.137. The van der Waals surface area contributed by atoms with Crippen LogP contribution in [-0.4, -0.2) is 51.5 Å². The summed E-state index contributed by atoms with van der Waals surface area (Å²) >= 11 is 1.24. The molecule has 10 heteroatoms. The number of alkyl halides is 3. The number of hydrogen-bond acceptors (Lipinski definition) is 7. The highest BCUT2D eigenvalue weighted by Crippen LogP contribution is 2.34. The molecule has 1 aliphatic carbocycles. The lowest BCUT2D eigenvalue weighted by Gasteiger charge is -2.39. The Morgan fingerprint density at radius 1 is 1.15 bits per heavy atom. The van der Waals surface area contributed by atoms with E-state index in [0.717, 1.165) is 12.1 Å². The van der Waals surface area contributed by atoms with Gasteiger partial charge in [-0.05, 0) is 24.6 Å². The minimum atomic E-state index is -4.43. The summed E-state index contributed by atoms with van der Waals surface area (Å²) in [6, 6.07) is 3.91. The van der Waals surface area contributed by atoms with Crippen molar-refractivity contribution in [3.8, 4) is 0 Å². The summed E-state index contributed by atoms with van der Waals surface area (Å²) in [5, 5.41) is 20.5. The number of rotatable bonds is 4. The monoisotopic (exact) mass is 403 g/mol. The van der Waals surface area contributed by atoms with Gasteiger partial charge in [-0.25, -0.2) is 0 Å². The van der Waals surface area contributed by atoms with Crippen LogP contribution in [0.3, 0.4) is 0 Å². The molecule has 3 rings (SSSR count). The molecule has 6 N–H and O–H groups in total. The second-order valence-corrected chi connectivity index (χ2v) is 7.44. The molecule has 0 bridgehead atoms. The molecule has 1 aromatic carbocycles. The number of thioether (sulfide) groups is 1. The smallest absolute Gasteiger partial charge is 0.389 e. The Morgan fingerprint density at radius 2 is 1.89 bits per heavy atom. The third kappa shape index (κ3) is 4.36. The molecule has 0 saturated heterocycles. The molecule has 0 aliphatic heterocycles. The van der Waals surface area contributed by atoms with Crippen LogP contribution in [0.2, 0.25) is 0 Å². The first-order chi connectivity index (χ1) is 12.7. The van der Waals surface area contributed by atoms with E-state index in [0.29, 0.717) is 16.7 Å². The van der Waals surface area contributed by atoms with Gasteiger partial charge < -0.3 is 26.4 Å². The zero-order valence-electron chi connectivity index (χ0n) is 14.1. The lowest BCUT2D eigenvalue weighted by Crippen LogP contribution is -2.61. The van der Waals surface area contributed by atoms with E-state index in [1.807, 2.05) is 0 Å². The molecule has 148 valence electrons. The zero-order chi connectivity index (χ0) is 19.8. The largest absolute Gasteiger partial charge is 0.416 e. The van der Waals surface area contributed by atoms with Gasteiger partial charge in [0.05, 0.1) is 23.1 Å². The molecular weight excluding hydrogens is 383 g/mol. The molecule has 2 aromatic rings. The molecule has 0 unspecified atom stereocenters. The van der Waals surface area contributed by atoms with Crippen LogP contribution in [0.15, 0.2) is 35.4 Å². The van der Waals surface area contributed by atoms with E-state index in [4.69, 9.17) is 16.2 Å². The maximum atomic E-state index is 12.8. The van der Waals surface area contributed by atoms with Crippen LogP contribution in [0.1, 0.15) is 12.0 Å². The van der Waals surface area contributed by atoms with Crippen LogP contribution >= 0.6 is 11.8 Å². The number of fused-ring (bicyclic) bond motifs is 1. The Bertz CT molecular complexity index is 808. The first kappa shape index (κ1) is 20.3. The molecule has 0 amide bonds. The summed E-state index contributed by atoms with van der Waals surface area (Å²) in [5.74, 6) is 0.0948. The van der Waals surface area contributed by atoms with Crippen molar-refractivity contribution in [2.45, 2.75) is 47.9 Å². The molecule has 1 fully saturated rings. The molecule has 27 heavy (non-hydrogen) atoms. The summed E-state index contributed by atoms with van der Waals surface area (Å²) in [7, 11) is 0. The molecule has 0 radical (unpaired) electrons. The molecule has 0 spiro atoms. The van der Waals surface area contributed by atoms with Crippen molar-refractivity contribution in [1.82, 2.24) is 4.98 Å². The number of hydrogen-bond donors (Lipinski definition) is 4. The minimum Gasteiger partial charge on any atom is -0.389 e. The van der Waals surface area contributed by atoms with Gasteiger partial charge >= 0.3 is 6.18 Å². The predicted octanol–water partition coefficient (Wildman–Crippen LogP) is 1.47. The number of nitrogens with zero attached hydrogens (tertiary/aromatic N) is 1. The van der Waals surface area contributed by atoms with Gasteiger partial charge in [0.15, 0.2) is 0 Å². The van der Waals surface area contributed by atoms with Gasteiger partial charge in [-0.3, -0.25) is 4.98 Å². The molecule has 5 atom stereocenters. The third-order valence-corrected chi connectivity index (χ3v) is 5.52. The summed E-state index contributed by atoms with van der Waals surface area (Å²) < 4.78 is 44.1. The molecule has 1 heterocycles. The van der Waals surface area contributed by atoms with Crippen LogP contribution in [0.4, 0.5) is 13.2 Å². The average Bonchev–Trinajstić information content (AvgIpc) is 2.61. The maximum absolute atomic E-state index is 12.8. The highest BCUT2D eigenvalue weighted by Gasteiger charge is 2.41. The molecule has 1 aliphatic rings. The van der Waals surface area contributed by atoms with Gasteiger partial charge in [-0.15, -0.1) is 0 Å². The van der Waals surface area contributed by atoms with Crippen LogP contribution < -0.4 is 11.5 Å². The second-order valence-electron chi connectivity index (χ2n) is 6.48. The number of benzene rings is 1. The highest BCUT2D eigenvalue weighted by atomic mass is 32.2. The number of halogens is 3. The van der Waals surface area contributed by atoms with Crippen LogP contribution in [0, 0.1) is 0 Å². The van der Waals surface area contributed by atoms with E-state index in [-0.39, 0.29) is 11.5 Å². The van der Waals surface area contributed by atoms with Crippen molar-refractivity contribution in [3.05, 3.63) is 36.0 Å². The van der Waals surface area contributed by atoms with Gasteiger partial charge in [0, 0.05) is 28.6 Å². The SMILES string of the molecule is N[C@@H]1C[C@H](N)[C@@H](OCSc2ccnc3cc(C(F)(F)F)ccc23)[C@H](O)[C@H]1O. The standard InChI is InChI=1S/C17H20F3N3O3S/c18-17(19,20)8-1-2-9-12(5-8)23-4-3-13(9)27-7-26-16-11(22)6-10(21)14(24)15(16)25/h1-5,10-11,14-16,24-25H,6-7,21-22H2/t10-,11+,14+,15-,16-/m1/s1. The van der Waals surface area contributed by atoms with Crippen LogP contribution in [0.5, 0.6) is 0 Å². The van der Waals surface area contributed by atoms with Gasteiger partial charge in [0.25, 0.3) is 0 Å². The van der Waals surface area contributed by atoms with Gasteiger partial charge in [0.1, 0.15) is 12.2 Å². The molecule has 1 saturated carbocycles. The highest BCUT2D eigenvalue weighted by molar-refractivity contribution is 7.99. The lowest BCUT2D eigenvalue weighted by atomic mass is 9.85. The van der Waals surface area contributed by atoms with Crippen molar-refractivity contribution in [2.24, 2.45) is 11.5 Å². The minimum absolute atomic E-state index is 0.0948. The number of aliphatic hydroxyl groups is 2. The fraction of sp³-hybridized carbons (Fsp3) is 0.471.